The lowest BCUT2D eigenvalue weighted by Gasteiger charge is -2.10. The molecule has 0 N–H and O–H groups in total. The monoisotopic (exact) mass is 414 g/mol. The fraction of sp³-hybridized carbons (Fsp3) is 0.167. The van der Waals surface area contributed by atoms with E-state index in [2.05, 4.69) is 20.5 Å². The van der Waals surface area contributed by atoms with Crippen LogP contribution in [0.1, 0.15) is 12.6 Å². The molecule has 0 atom stereocenters. The lowest BCUT2D eigenvalue weighted by Crippen LogP contribution is -2.15. The number of para-hydroxylation sites is 2. The summed E-state index contributed by atoms with van der Waals surface area (Å²) in [6, 6.07) is 12.4. The van der Waals surface area contributed by atoms with E-state index in [1.807, 2.05) is 31.2 Å². The Balaban J connectivity index is 1.61. The molecule has 1 aromatic carbocycles. The molecule has 0 radical (unpaired) electrons. The van der Waals surface area contributed by atoms with Crippen molar-refractivity contribution in [1.29, 1.82) is 0 Å². The number of ether oxygens (including phenoxy) is 1. The van der Waals surface area contributed by atoms with Gasteiger partial charge in [0.15, 0.2) is 0 Å². The van der Waals surface area contributed by atoms with Crippen LogP contribution in [0.2, 0.25) is 5.02 Å². The molecule has 10 heteroatoms. The Morgan fingerprint density at radius 1 is 1.21 bits per heavy atom. The average Bonchev–Trinajstić information content (AvgIpc) is 3.16. The Morgan fingerprint density at radius 3 is 2.93 bits per heavy atom. The van der Waals surface area contributed by atoms with E-state index in [1.54, 1.807) is 23.0 Å². The summed E-state index contributed by atoms with van der Waals surface area (Å²) in [7, 11) is 0. The molecule has 0 unspecified atom stereocenters. The Morgan fingerprint density at radius 2 is 2.07 bits per heavy atom. The van der Waals surface area contributed by atoms with Gasteiger partial charge in [0.25, 0.3) is 5.56 Å². The maximum absolute atomic E-state index is 12.3. The molecule has 0 amide bonds. The Hall–Kier alpha value is -2.91. The van der Waals surface area contributed by atoms with Crippen LogP contribution < -0.4 is 10.3 Å². The normalized spacial score (nSPS) is 11.1. The van der Waals surface area contributed by atoms with Crippen LogP contribution in [0, 0.1) is 0 Å². The maximum Gasteiger partial charge on any atom is 0.258 e. The third-order valence-electron chi connectivity index (χ3n) is 3.86. The number of rotatable bonds is 6. The highest BCUT2D eigenvalue weighted by molar-refractivity contribution is 7.98. The zero-order valence-corrected chi connectivity index (χ0v) is 16.4. The number of pyridine rings is 1. The van der Waals surface area contributed by atoms with E-state index in [0.717, 1.165) is 5.69 Å². The first-order chi connectivity index (χ1) is 13.7. The van der Waals surface area contributed by atoms with Crippen molar-refractivity contribution in [3.05, 3.63) is 69.7 Å². The molecule has 0 bridgehead atoms. The van der Waals surface area contributed by atoms with Crippen LogP contribution in [-0.4, -0.2) is 36.2 Å². The van der Waals surface area contributed by atoms with Crippen LogP contribution in [0.25, 0.3) is 11.3 Å². The number of nitrogens with zero attached hydrogens (tertiary/aromatic N) is 6. The Labute approximate surface area is 169 Å². The zero-order chi connectivity index (χ0) is 19.5. The number of benzene rings is 1. The fourth-order valence-electron chi connectivity index (χ4n) is 2.67. The van der Waals surface area contributed by atoms with Crippen molar-refractivity contribution >= 4 is 29.0 Å². The second kappa shape index (κ2) is 7.99. The predicted octanol–water partition coefficient (Wildman–Crippen LogP) is 3.01. The third-order valence-corrected chi connectivity index (χ3v) is 5.04. The van der Waals surface area contributed by atoms with Crippen LogP contribution in [0.5, 0.6) is 5.75 Å². The molecule has 8 nitrogen and oxygen atoms in total. The molecule has 0 fully saturated rings. The summed E-state index contributed by atoms with van der Waals surface area (Å²) in [4.78, 5) is 16.8. The van der Waals surface area contributed by atoms with Gasteiger partial charge in [-0.2, -0.15) is 4.68 Å². The molecular formula is C18H15ClN6O2S. The van der Waals surface area contributed by atoms with E-state index in [9.17, 15) is 4.79 Å². The van der Waals surface area contributed by atoms with Gasteiger partial charge in [0, 0.05) is 18.0 Å². The van der Waals surface area contributed by atoms with Crippen molar-refractivity contribution in [1.82, 2.24) is 29.6 Å². The van der Waals surface area contributed by atoms with Gasteiger partial charge < -0.3 is 4.74 Å². The number of hydrogen-bond donors (Lipinski definition) is 0. The average molecular weight is 415 g/mol. The number of aromatic nitrogens is 6. The largest absolute Gasteiger partial charge is 0.492 e. The number of tetrazole rings is 1. The first-order valence-corrected chi connectivity index (χ1v) is 9.83. The topological polar surface area (TPSA) is 87.2 Å². The van der Waals surface area contributed by atoms with Crippen molar-refractivity contribution in [2.24, 2.45) is 0 Å². The molecule has 0 aliphatic heterocycles. The molecule has 4 aromatic rings. The van der Waals surface area contributed by atoms with E-state index < -0.39 is 0 Å². The van der Waals surface area contributed by atoms with E-state index >= 15 is 0 Å². The quantitative estimate of drug-likeness (QED) is 0.448. The molecule has 3 aromatic heterocycles. The van der Waals surface area contributed by atoms with Crippen molar-refractivity contribution in [3.8, 4) is 11.4 Å². The Kier molecular flexibility index (Phi) is 5.27. The standard InChI is InChI=1S/C18H15ClN6O2S/c1-2-27-15-6-4-3-5-14(15)25-18(21-22-23-25)28-11-13-9-17(26)24-10-12(19)7-8-16(24)20-13/h3-10H,2,11H2,1H3. The lowest BCUT2D eigenvalue weighted by molar-refractivity contribution is 0.337. The molecule has 0 spiro atoms. The van der Waals surface area contributed by atoms with Crippen molar-refractivity contribution in [3.63, 3.8) is 0 Å². The second-order valence-electron chi connectivity index (χ2n) is 5.72. The number of hydrogen-bond acceptors (Lipinski definition) is 7. The minimum atomic E-state index is -0.190. The minimum Gasteiger partial charge on any atom is -0.492 e. The predicted molar refractivity (Wildman–Crippen MR) is 106 cm³/mol. The highest BCUT2D eigenvalue weighted by Gasteiger charge is 2.14. The van der Waals surface area contributed by atoms with Crippen molar-refractivity contribution in [2.75, 3.05) is 6.61 Å². The van der Waals surface area contributed by atoms with Gasteiger partial charge in [-0.15, -0.1) is 5.10 Å². The SMILES string of the molecule is CCOc1ccccc1-n1nnnc1SCc1cc(=O)n2cc(Cl)ccc2n1. The summed E-state index contributed by atoms with van der Waals surface area (Å²) in [5, 5.41) is 13.0. The van der Waals surface area contributed by atoms with E-state index in [4.69, 9.17) is 16.3 Å². The summed E-state index contributed by atoms with van der Waals surface area (Å²) in [5.74, 6) is 1.13. The lowest BCUT2D eigenvalue weighted by atomic mass is 10.3. The number of thioether (sulfide) groups is 1. The van der Waals surface area contributed by atoms with Gasteiger partial charge in [-0.1, -0.05) is 35.5 Å². The summed E-state index contributed by atoms with van der Waals surface area (Å²) < 4.78 is 8.69. The van der Waals surface area contributed by atoms with Gasteiger partial charge in [0.1, 0.15) is 17.1 Å². The molecule has 4 rings (SSSR count). The minimum absolute atomic E-state index is 0.190. The summed E-state index contributed by atoms with van der Waals surface area (Å²) in [6.45, 7) is 2.46. The molecule has 28 heavy (non-hydrogen) atoms. The highest BCUT2D eigenvalue weighted by Crippen LogP contribution is 2.27. The first-order valence-electron chi connectivity index (χ1n) is 8.47. The van der Waals surface area contributed by atoms with Crippen LogP contribution in [-0.2, 0) is 5.75 Å². The molecule has 0 aliphatic carbocycles. The number of halogens is 1. The molecule has 0 saturated carbocycles. The van der Waals surface area contributed by atoms with Crippen LogP contribution in [0.4, 0.5) is 0 Å². The van der Waals surface area contributed by atoms with Gasteiger partial charge in [0.05, 0.1) is 17.3 Å². The summed E-state index contributed by atoms with van der Waals surface area (Å²) >= 11 is 7.33. The van der Waals surface area contributed by atoms with Gasteiger partial charge in [-0.05, 0) is 41.6 Å². The van der Waals surface area contributed by atoms with Gasteiger partial charge in [0.2, 0.25) is 5.16 Å². The highest BCUT2D eigenvalue weighted by atomic mass is 35.5. The second-order valence-corrected chi connectivity index (χ2v) is 7.10. The van der Waals surface area contributed by atoms with Crippen LogP contribution >= 0.6 is 23.4 Å². The van der Waals surface area contributed by atoms with Crippen LogP contribution in [0.15, 0.2) is 58.6 Å². The maximum atomic E-state index is 12.3. The Bertz CT molecular complexity index is 1190. The smallest absolute Gasteiger partial charge is 0.258 e. The zero-order valence-electron chi connectivity index (χ0n) is 14.8. The third kappa shape index (κ3) is 3.71. The fourth-order valence-corrected chi connectivity index (χ4v) is 3.61. The van der Waals surface area contributed by atoms with Gasteiger partial charge >= 0.3 is 0 Å². The molecule has 0 aliphatic rings. The molecule has 142 valence electrons. The first kappa shape index (κ1) is 18.5. The van der Waals surface area contributed by atoms with Gasteiger partial charge in [-0.3, -0.25) is 9.20 Å². The van der Waals surface area contributed by atoms with Crippen LogP contribution in [0.3, 0.4) is 0 Å². The van der Waals surface area contributed by atoms with E-state index in [-0.39, 0.29) is 5.56 Å². The molecule has 3 heterocycles. The van der Waals surface area contributed by atoms with Crippen molar-refractivity contribution in [2.45, 2.75) is 17.8 Å². The van der Waals surface area contributed by atoms with Crippen molar-refractivity contribution < 1.29 is 4.74 Å². The van der Waals surface area contributed by atoms with Gasteiger partial charge in [-0.25, -0.2) is 4.98 Å². The summed E-state index contributed by atoms with van der Waals surface area (Å²) in [5.41, 5.74) is 1.72. The van der Waals surface area contributed by atoms with E-state index in [0.29, 0.717) is 39.6 Å². The number of fused-ring (bicyclic) bond motifs is 1. The molecule has 0 saturated heterocycles. The molecular weight excluding hydrogens is 400 g/mol. The van der Waals surface area contributed by atoms with E-state index in [1.165, 1.54) is 22.2 Å². The summed E-state index contributed by atoms with van der Waals surface area (Å²) in [6.07, 6.45) is 1.55.